The van der Waals surface area contributed by atoms with E-state index in [1.807, 2.05) is 0 Å². The van der Waals surface area contributed by atoms with Crippen LogP contribution >= 0.6 is 0 Å². The van der Waals surface area contributed by atoms with E-state index in [4.69, 9.17) is 17.7 Å². The van der Waals surface area contributed by atoms with Gasteiger partial charge in [-0.2, -0.15) is 0 Å². The Morgan fingerprint density at radius 1 is 0.356 bits per heavy atom. The van der Waals surface area contributed by atoms with Crippen molar-refractivity contribution in [3.63, 3.8) is 0 Å². The minimum Gasteiger partial charge on any atom is -0.348 e. The highest BCUT2D eigenvalue weighted by atomic mass is 28.4. The summed E-state index contributed by atoms with van der Waals surface area (Å²) in [5, 5.41) is 0. The first-order valence-corrected chi connectivity index (χ1v) is 21.5. The molecule has 4 aliphatic carbocycles. The Morgan fingerprint density at radius 3 is 0.733 bits per heavy atom. The van der Waals surface area contributed by atoms with Gasteiger partial charge in [0.05, 0.1) is 24.4 Å². The largest absolute Gasteiger partial charge is 0.680 e. The maximum atomic E-state index is 7.69. The zero-order chi connectivity index (χ0) is 33.1. The van der Waals surface area contributed by atoms with E-state index in [9.17, 15) is 0 Å². The summed E-state index contributed by atoms with van der Waals surface area (Å²) in [6.45, 7) is 28.9. The Hall–Kier alpha value is 0.0569. The molecule has 0 spiro atoms. The minimum atomic E-state index is -3.61. The van der Waals surface area contributed by atoms with E-state index in [0.717, 1.165) is 25.7 Å². The van der Waals surface area contributed by atoms with Crippen molar-refractivity contribution in [2.24, 2.45) is 71.0 Å². The standard InChI is InChI=1S/C40H76O4Si/c1-25(2)33-17-13-29(9)21-37(33)41-45(42-38-22-30(10)14-18-34(38)26(3)4,43-39-23-31(11)15-19-35(39)27(5)6)44-40-24-32(12)16-20-36(40)28(7)8/h25-40H,13-24H2,1-12H3. The van der Waals surface area contributed by atoms with Crippen LogP contribution in [0.15, 0.2) is 0 Å². The third kappa shape index (κ3) is 10.0. The van der Waals surface area contributed by atoms with Gasteiger partial charge in [-0.3, -0.25) is 0 Å². The van der Waals surface area contributed by atoms with E-state index < -0.39 is 9.05 Å². The molecule has 0 radical (unpaired) electrons. The molecule has 5 heteroatoms. The molecule has 0 amide bonds. The SMILES string of the molecule is CC1CCC(C(C)C)C(O[Si](OC2CC(C)CCC2C(C)C)(OC2CC(C)CCC2C(C)C)OC2CC(C)CCC2C(C)C)C1. The second-order valence-corrected chi connectivity index (χ2v) is 20.4. The molecule has 0 bridgehead atoms. The lowest BCUT2D eigenvalue weighted by Crippen LogP contribution is -2.62. The van der Waals surface area contributed by atoms with E-state index in [2.05, 4.69) is 83.1 Å². The molecule has 4 fully saturated rings. The van der Waals surface area contributed by atoms with Gasteiger partial charge in [-0.15, -0.1) is 0 Å². The van der Waals surface area contributed by atoms with Gasteiger partial charge in [0, 0.05) is 0 Å². The average molecular weight is 649 g/mol. The van der Waals surface area contributed by atoms with Gasteiger partial charge in [-0.05, 0) is 122 Å². The fourth-order valence-corrected chi connectivity index (χ4v) is 12.8. The predicted octanol–water partition coefficient (Wildman–Crippen LogP) is 11.3. The Morgan fingerprint density at radius 2 is 0.556 bits per heavy atom. The molecule has 0 heterocycles. The van der Waals surface area contributed by atoms with Crippen LogP contribution in [0.1, 0.15) is 160 Å². The Bertz CT molecular complexity index is 733. The normalized spacial score (nSPS) is 41.6. The molecule has 4 saturated carbocycles. The summed E-state index contributed by atoms with van der Waals surface area (Å²) in [6.07, 6.45) is 15.0. The molecule has 12 atom stereocenters. The summed E-state index contributed by atoms with van der Waals surface area (Å²) in [5.41, 5.74) is 0. The zero-order valence-corrected chi connectivity index (χ0v) is 32.9. The maximum absolute atomic E-state index is 7.69. The molecule has 0 aromatic heterocycles. The Labute approximate surface area is 281 Å². The van der Waals surface area contributed by atoms with Crippen molar-refractivity contribution >= 4 is 9.05 Å². The smallest absolute Gasteiger partial charge is 0.348 e. The first-order valence-electron chi connectivity index (χ1n) is 19.9. The van der Waals surface area contributed by atoms with Gasteiger partial charge in [0.2, 0.25) is 0 Å². The summed E-state index contributed by atoms with van der Waals surface area (Å²) in [5.74, 6) is 7.01. The molecule has 0 N–H and O–H groups in total. The lowest BCUT2D eigenvalue weighted by molar-refractivity contribution is -0.163. The van der Waals surface area contributed by atoms with Gasteiger partial charge in [-0.1, -0.05) is 109 Å². The first kappa shape index (κ1) is 37.9. The summed E-state index contributed by atoms with van der Waals surface area (Å²) in [7, 11) is -3.61. The van der Waals surface area contributed by atoms with Crippen LogP contribution in [0.2, 0.25) is 0 Å². The highest BCUT2D eigenvalue weighted by Gasteiger charge is 2.58. The molecule has 0 aromatic rings. The highest BCUT2D eigenvalue weighted by molar-refractivity contribution is 6.53. The molecule has 0 aromatic carbocycles. The number of hydrogen-bond donors (Lipinski definition) is 0. The second-order valence-electron chi connectivity index (χ2n) is 18.4. The zero-order valence-electron chi connectivity index (χ0n) is 31.9. The third-order valence-electron chi connectivity index (χ3n) is 13.0. The Balaban J connectivity index is 1.82. The van der Waals surface area contributed by atoms with Gasteiger partial charge in [0.1, 0.15) is 0 Å². The fourth-order valence-electron chi connectivity index (χ4n) is 9.91. The second kappa shape index (κ2) is 16.6. The van der Waals surface area contributed by atoms with Crippen molar-refractivity contribution in [2.75, 3.05) is 0 Å². The molecule has 264 valence electrons. The van der Waals surface area contributed by atoms with Gasteiger partial charge in [-0.25, -0.2) is 0 Å². The van der Waals surface area contributed by atoms with E-state index in [1.165, 1.54) is 51.4 Å². The average Bonchev–Trinajstić information content (AvgIpc) is 2.92. The monoisotopic (exact) mass is 649 g/mol. The maximum Gasteiger partial charge on any atom is 0.680 e. The quantitative estimate of drug-likeness (QED) is 0.197. The van der Waals surface area contributed by atoms with E-state index in [-0.39, 0.29) is 24.4 Å². The molecular formula is C40H76O4Si. The van der Waals surface area contributed by atoms with Crippen LogP contribution < -0.4 is 0 Å². The van der Waals surface area contributed by atoms with Crippen molar-refractivity contribution in [1.82, 2.24) is 0 Å². The molecule has 0 aliphatic heterocycles. The topological polar surface area (TPSA) is 36.9 Å². The van der Waals surface area contributed by atoms with Crippen molar-refractivity contribution in [3.8, 4) is 0 Å². The van der Waals surface area contributed by atoms with Gasteiger partial charge in [0.15, 0.2) is 0 Å². The molecule has 4 aliphatic rings. The first-order chi connectivity index (χ1) is 21.2. The van der Waals surface area contributed by atoms with Crippen LogP contribution in [0, 0.1) is 71.0 Å². The lowest BCUT2D eigenvalue weighted by Gasteiger charge is -2.49. The summed E-state index contributed by atoms with van der Waals surface area (Å²) in [6, 6.07) is 0. The molecular weight excluding hydrogens is 573 g/mol. The molecule has 4 nitrogen and oxygen atoms in total. The van der Waals surface area contributed by atoms with Crippen LogP contribution in [0.3, 0.4) is 0 Å². The third-order valence-corrected chi connectivity index (χ3v) is 15.4. The minimum absolute atomic E-state index is 0.135. The van der Waals surface area contributed by atoms with Crippen molar-refractivity contribution in [3.05, 3.63) is 0 Å². The molecule has 45 heavy (non-hydrogen) atoms. The lowest BCUT2D eigenvalue weighted by atomic mass is 9.75. The number of hydrogen-bond acceptors (Lipinski definition) is 4. The highest BCUT2D eigenvalue weighted by Crippen LogP contribution is 2.45. The van der Waals surface area contributed by atoms with Crippen LogP contribution in [0.25, 0.3) is 0 Å². The predicted molar refractivity (Wildman–Crippen MR) is 191 cm³/mol. The van der Waals surface area contributed by atoms with Gasteiger partial charge < -0.3 is 17.7 Å². The molecule has 4 rings (SSSR count). The van der Waals surface area contributed by atoms with Crippen LogP contribution in [0.5, 0.6) is 0 Å². The number of rotatable bonds is 12. The molecule has 0 saturated heterocycles. The van der Waals surface area contributed by atoms with Crippen LogP contribution in [-0.2, 0) is 17.7 Å². The van der Waals surface area contributed by atoms with Crippen molar-refractivity contribution in [1.29, 1.82) is 0 Å². The Kier molecular flexibility index (Phi) is 14.0. The van der Waals surface area contributed by atoms with Crippen molar-refractivity contribution in [2.45, 2.75) is 185 Å². The van der Waals surface area contributed by atoms with Crippen LogP contribution in [-0.4, -0.2) is 33.5 Å². The summed E-state index contributed by atoms with van der Waals surface area (Å²) >= 11 is 0. The fraction of sp³-hybridized carbons (Fsp3) is 1.00. The van der Waals surface area contributed by atoms with E-state index >= 15 is 0 Å². The van der Waals surface area contributed by atoms with Crippen LogP contribution in [0.4, 0.5) is 0 Å². The van der Waals surface area contributed by atoms with Gasteiger partial charge >= 0.3 is 9.05 Å². The van der Waals surface area contributed by atoms with Gasteiger partial charge in [0.25, 0.3) is 0 Å². The summed E-state index contributed by atoms with van der Waals surface area (Å²) < 4.78 is 30.8. The van der Waals surface area contributed by atoms with Crippen molar-refractivity contribution < 1.29 is 17.7 Å². The summed E-state index contributed by atoms with van der Waals surface area (Å²) in [4.78, 5) is 0. The molecule has 12 unspecified atom stereocenters. The van der Waals surface area contributed by atoms with E-state index in [0.29, 0.717) is 71.0 Å². The van der Waals surface area contributed by atoms with E-state index in [1.54, 1.807) is 0 Å².